The third kappa shape index (κ3) is 3.02. The summed E-state index contributed by atoms with van der Waals surface area (Å²) in [7, 11) is 5.99. The molecule has 0 spiro atoms. The second-order valence-electron chi connectivity index (χ2n) is 5.34. The van der Waals surface area contributed by atoms with E-state index in [1.165, 1.54) is 58.6 Å². The average molecular weight is 380 g/mol. The quantitative estimate of drug-likeness (QED) is 0.595. The summed E-state index contributed by atoms with van der Waals surface area (Å²) in [6.07, 6.45) is 2.43. The zero-order valence-electron chi connectivity index (χ0n) is 14.0. The van der Waals surface area contributed by atoms with Crippen molar-refractivity contribution in [2.45, 2.75) is 0 Å². The first-order valence-corrected chi connectivity index (χ1v) is 7.81. The molecular formula is C15H16N4O4S2. The molecule has 0 aliphatic heterocycles. The van der Waals surface area contributed by atoms with Crippen LogP contribution in [0.15, 0.2) is 15.3 Å². The number of hydrogen-bond acceptors (Lipinski definition) is 6. The smallest absolute Gasteiger partial charge is 0.265 e. The molecule has 2 aromatic rings. The van der Waals surface area contributed by atoms with Gasteiger partial charge in [-0.3, -0.25) is 27.9 Å². The average Bonchev–Trinajstić information content (AvgIpc) is 2.60. The monoisotopic (exact) mass is 380 g/mol. The van der Waals surface area contributed by atoms with Crippen molar-refractivity contribution in [2.24, 2.45) is 28.2 Å². The Bertz CT molecular complexity index is 1080. The van der Waals surface area contributed by atoms with Crippen LogP contribution >= 0.6 is 24.4 Å². The van der Waals surface area contributed by atoms with Gasteiger partial charge in [-0.15, -0.1) is 5.73 Å². The summed E-state index contributed by atoms with van der Waals surface area (Å²) >= 11 is 10.1. The largest absolute Gasteiger partial charge is 0.494 e. The van der Waals surface area contributed by atoms with Crippen LogP contribution < -0.4 is 11.1 Å². The summed E-state index contributed by atoms with van der Waals surface area (Å²) in [5.41, 5.74) is 1.53. The van der Waals surface area contributed by atoms with E-state index in [4.69, 9.17) is 24.4 Å². The van der Waals surface area contributed by atoms with Crippen LogP contribution in [0, 0.1) is 9.54 Å². The normalized spacial score (nSPS) is 10.4. The molecule has 0 amide bonds. The van der Waals surface area contributed by atoms with Crippen molar-refractivity contribution in [1.29, 1.82) is 0 Å². The molecule has 25 heavy (non-hydrogen) atoms. The highest BCUT2D eigenvalue weighted by Gasteiger charge is 2.12. The van der Waals surface area contributed by atoms with Gasteiger partial charge in [-0.25, -0.2) is 0 Å². The fourth-order valence-electron chi connectivity index (χ4n) is 2.18. The van der Waals surface area contributed by atoms with Crippen LogP contribution in [-0.4, -0.2) is 28.5 Å². The molecule has 2 N–H and O–H groups in total. The topological polar surface area (TPSA) is 94.3 Å². The molecule has 2 rings (SSSR count). The van der Waals surface area contributed by atoms with Crippen molar-refractivity contribution in [2.75, 3.05) is 0 Å². The van der Waals surface area contributed by atoms with E-state index in [2.05, 4.69) is 5.73 Å². The second-order valence-corrected chi connectivity index (χ2v) is 6.07. The van der Waals surface area contributed by atoms with Crippen LogP contribution in [0.1, 0.15) is 11.1 Å². The summed E-state index contributed by atoms with van der Waals surface area (Å²) in [6.45, 7) is 0. The van der Waals surface area contributed by atoms with E-state index < -0.39 is 11.1 Å². The summed E-state index contributed by atoms with van der Waals surface area (Å²) < 4.78 is 5.25. The lowest BCUT2D eigenvalue weighted by Gasteiger charge is -2.09. The van der Waals surface area contributed by atoms with Crippen molar-refractivity contribution in [3.05, 3.63) is 47.1 Å². The highest BCUT2D eigenvalue weighted by molar-refractivity contribution is 7.71. The molecule has 0 fully saturated rings. The van der Waals surface area contributed by atoms with Crippen LogP contribution in [0.2, 0.25) is 0 Å². The first-order chi connectivity index (χ1) is 11.6. The summed E-state index contributed by atoms with van der Waals surface area (Å²) in [6, 6.07) is 0. The lowest BCUT2D eigenvalue weighted by Crippen LogP contribution is -2.24. The molecular weight excluding hydrogens is 364 g/mol. The zero-order valence-corrected chi connectivity index (χ0v) is 15.6. The molecule has 0 atom stereocenters. The standard InChI is InChI=1S/C15H16N4O4S2/c1-16-10(20)8(11(21)17(2)14(16)24)6-5-7-9-12(22)18(3)15(25)19(4)13(9)23/h6-7,20,22H,1-4H3. The summed E-state index contributed by atoms with van der Waals surface area (Å²) in [5, 5.41) is 20.2. The Labute approximate surface area is 152 Å². The van der Waals surface area contributed by atoms with Gasteiger partial charge in [-0.2, -0.15) is 0 Å². The zero-order chi connectivity index (χ0) is 19.0. The molecule has 2 heterocycles. The van der Waals surface area contributed by atoms with E-state index in [-0.39, 0.29) is 32.4 Å². The Balaban J connectivity index is 2.72. The van der Waals surface area contributed by atoms with Crippen molar-refractivity contribution >= 4 is 36.6 Å². The van der Waals surface area contributed by atoms with Crippen molar-refractivity contribution in [1.82, 2.24) is 18.3 Å². The van der Waals surface area contributed by atoms with Gasteiger partial charge in [-0.05, 0) is 36.6 Å². The molecule has 0 unspecified atom stereocenters. The van der Waals surface area contributed by atoms with E-state index >= 15 is 0 Å². The lowest BCUT2D eigenvalue weighted by molar-refractivity contribution is 0.414. The fourth-order valence-corrected chi connectivity index (χ4v) is 2.52. The van der Waals surface area contributed by atoms with E-state index in [1.807, 2.05) is 0 Å². The molecule has 10 heteroatoms. The molecule has 132 valence electrons. The van der Waals surface area contributed by atoms with Gasteiger partial charge in [0.25, 0.3) is 11.1 Å². The maximum Gasteiger partial charge on any atom is 0.265 e. The van der Waals surface area contributed by atoms with Crippen LogP contribution in [-0.2, 0) is 28.2 Å². The Hall–Kier alpha value is -2.68. The number of rotatable bonds is 2. The second kappa shape index (κ2) is 6.67. The third-order valence-electron chi connectivity index (χ3n) is 3.79. The molecule has 8 nitrogen and oxygen atoms in total. The molecule has 0 aromatic carbocycles. The SMILES string of the molecule is Cn1c(O)c(C=C=Cc2c(O)n(C)c(=S)n(C)c2=O)c(=O)n(C)c1=S. The fraction of sp³-hybridized carbons (Fsp3) is 0.267. The van der Waals surface area contributed by atoms with Gasteiger partial charge in [0.2, 0.25) is 11.8 Å². The number of aromatic nitrogens is 4. The molecule has 0 aliphatic carbocycles. The highest BCUT2D eigenvalue weighted by atomic mass is 32.1. The first kappa shape index (κ1) is 18.7. The third-order valence-corrected chi connectivity index (χ3v) is 4.89. The van der Waals surface area contributed by atoms with E-state index in [0.717, 1.165) is 0 Å². The van der Waals surface area contributed by atoms with Crippen LogP contribution in [0.3, 0.4) is 0 Å². The van der Waals surface area contributed by atoms with Crippen LogP contribution in [0.25, 0.3) is 12.2 Å². The number of nitrogens with zero attached hydrogens (tertiary/aromatic N) is 4. The summed E-state index contributed by atoms with van der Waals surface area (Å²) in [4.78, 5) is 24.4. The van der Waals surface area contributed by atoms with Gasteiger partial charge in [0.15, 0.2) is 9.54 Å². The number of aromatic hydroxyl groups is 2. The number of hydrogen-bond donors (Lipinski definition) is 2. The molecule has 0 saturated heterocycles. The van der Waals surface area contributed by atoms with E-state index in [0.29, 0.717) is 0 Å². The minimum Gasteiger partial charge on any atom is -0.494 e. The lowest BCUT2D eigenvalue weighted by atomic mass is 10.2. The van der Waals surface area contributed by atoms with Crippen LogP contribution in [0.5, 0.6) is 11.8 Å². The van der Waals surface area contributed by atoms with Crippen molar-refractivity contribution in [3.63, 3.8) is 0 Å². The predicted molar refractivity (Wildman–Crippen MR) is 98.7 cm³/mol. The summed E-state index contributed by atoms with van der Waals surface area (Å²) in [5.74, 6) is -0.643. The Morgan fingerprint density at radius 2 is 1.08 bits per heavy atom. The molecule has 0 saturated carbocycles. The van der Waals surface area contributed by atoms with Gasteiger partial charge in [0.05, 0.1) is 0 Å². The Morgan fingerprint density at radius 1 is 0.760 bits per heavy atom. The van der Waals surface area contributed by atoms with Gasteiger partial charge >= 0.3 is 0 Å². The maximum atomic E-state index is 12.2. The predicted octanol–water partition coefficient (Wildman–Crippen LogP) is 0.957. The van der Waals surface area contributed by atoms with E-state index in [9.17, 15) is 19.8 Å². The van der Waals surface area contributed by atoms with Crippen molar-refractivity contribution < 1.29 is 10.2 Å². The Kier molecular flexibility index (Phi) is 4.98. The van der Waals surface area contributed by atoms with Crippen molar-refractivity contribution in [3.8, 4) is 11.8 Å². The molecule has 0 bridgehead atoms. The highest BCUT2D eigenvalue weighted by Crippen LogP contribution is 2.15. The first-order valence-electron chi connectivity index (χ1n) is 7.00. The minimum atomic E-state index is -0.509. The van der Waals surface area contributed by atoms with Gasteiger partial charge in [-0.1, -0.05) is 0 Å². The molecule has 2 aromatic heterocycles. The molecule has 0 radical (unpaired) electrons. The van der Waals surface area contributed by atoms with Gasteiger partial charge < -0.3 is 10.2 Å². The van der Waals surface area contributed by atoms with Crippen LogP contribution in [0.4, 0.5) is 0 Å². The Morgan fingerprint density at radius 3 is 1.40 bits per heavy atom. The maximum absolute atomic E-state index is 12.2. The van der Waals surface area contributed by atoms with Gasteiger partial charge in [0, 0.05) is 28.2 Å². The minimum absolute atomic E-state index is 0.0459. The van der Waals surface area contributed by atoms with E-state index in [1.54, 1.807) is 0 Å². The van der Waals surface area contributed by atoms with Gasteiger partial charge in [0.1, 0.15) is 11.1 Å². The molecule has 0 aliphatic rings.